The van der Waals surface area contributed by atoms with Crippen LogP contribution in [-0.4, -0.2) is 38.8 Å². The Morgan fingerprint density at radius 1 is 1.00 bits per heavy atom. The molecule has 0 amide bonds. The molecule has 0 aliphatic rings. The molecule has 0 bridgehead atoms. The van der Waals surface area contributed by atoms with E-state index in [0.29, 0.717) is 36.3 Å². The molecular formula is C21H28N4O5. The first-order valence-corrected chi connectivity index (χ1v) is 9.56. The van der Waals surface area contributed by atoms with E-state index in [0.717, 1.165) is 24.1 Å². The zero-order valence-electron chi connectivity index (χ0n) is 17.7. The van der Waals surface area contributed by atoms with Crippen molar-refractivity contribution >= 4 is 11.6 Å². The maximum absolute atomic E-state index is 10.8. The number of hydrogen-bond donors (Lipinski definition) is 2. The van der Waals surface area contributed by atoms with Gasteiger partial charge in [-0.15, -0.1) is 0 Å². The van der Waals surface area contributed by atoms with E-state index in [9.17, 15) is 10.1 Å². The van der Waals surface area contributed by atoms with Crippen LogP contribution >= 0.6 is 0 Å². The molecule has 0 saturated heterocycles. The summed E-state index contributed by atoms with van der Waals surface area (Å²) in [4.78, 5) is 15.0. The molecule has 0 unspecified atom stereocenters. The van der Waals surface area contributed by atoms with Crippen LogP contribution in [0.15, 0.2) is 41.4 Å². The Kier molecular flexibility index (Phi) is 8.74. The lowest BCUT2D eigenvalue weighted by molar-refractivity contribution is -0.384. The number of ether oxygens (including phenoxy) is 3. The van der Waals surface area contributed by atoms with Gasteiger partial charge in [0.1, 0.15) is 0 Å². The van der Waals surface area contributed by atoms with E-state index in [4.69, 9.17) is 14.2 Å². The number of nitrogens with one attached hydrogen (secondary N) is 2. The first-order chi connectivity index (χ1) is 14.5. The maximum atomic E-state index is 10.8. The zero-order valence-corrected chi connectivity index (χ0v) is 17.7. The Balaban J connectivity index is 2.13. The van der Waals surface area contributed by atoms with Gasteiger partial charge in [-0.3, -0.25) is 10.1 Å². The van der Waals surface area contributed by atoms with Crippen LogP contribution in [0.2, 0.25) is 0 Å². The number of nitrogens with zero attached hydrogens (tertiary/aromatic N) is 2. The molecule has 2 N–H and O–H groups in total. The summed E-state index contributed by atoms with van der Waals surface area (Å²) in [6.07, 6.45) is 0.947. The van der Waals surface area contributed by atoms with Gasteiger partial charge in [-0.1, -0.05) is 19.1 Å². The Hall–Kier alpha value is -3.49. The molecule has 0 aromatic heterocycles. The zero-order chi connectivity index (χ0) is 21.9. The summed E-state index contributed by atoms with van der Waals surface area (Å²) in [5, 5.41) is 17.3. The maximum Gasteiger partial charge on any atom is 0.269 e. The third kappa shape index (κ3) is 6.26. The average Bonchev–Trinajstić information content (AvgIpc) is 2.77. The molecule has 30 heavy (non-hydrogen) atoms. The van der Waals surface area contributed by atoms with Crippen molar-refractivity contribution < 1.29 is 19.1 Å². The highest BCUT2D eigenvalue weighted by Gasteiger charge is 2.13. The summed E-state index contributed by atoms with van der Waals surface area (Å²) >= 11 is 0. The quantitative estimate of drug-likeness (QED) is 0.265. The van der Waals surface area contributed by atoms with Crippen LogP contribution in [0.5, 0.6) is 17.2 Å². The van der Waals surface area contributed by atoms with Gasteiger partial charge in [0.15, 0.2) is 17.5 Å². The monoisotopic (exact) mass is 416 g/mol. The van der Waals surface area contributed by atoms with E-state index in [-0.39, 0.29) is 5.69 Å². The molecular weight excluding hydrogens is 388 g/mol. The summed E-state index contributed by atoms with van der Waals surface area (Å²) in [7, 11) is 4.71. The lowest BCUT2D eigenvalue weighted by atomic mass is 10.2. The van der Waals surface area contributed by atoms with E-state index in [1.807, 2.05) is 12.1 Å². The van der Waals surface area contributed by atoms with Crippen molar-refractivity contribution in [3.05, 3.63) is 57.6 Å². The Morgan fingerprint density at radius 2 is 1.63 bits per heavy atom. The highest BCUT2D eigenvalue weighted by molar-refractivity contribution is 5.79. The molecule has 162 valence electrons. The average molecular weight is 416 g/mol. The fraction of sp³-hybridized carbons (Fsp3) is 0.381. The van der Waals surface area contributed by atoms with Gasteiger partial charge in [0, 0.05) is 25.2 Å². The lowest BCUT2D eigenvalue weighted by Crippen LogP contribution is -2.37. The van der Waals surface area contributed by atoms with Crippen molar-refractivity contribution in [2.24, 2.45) is 4.99 Å². The molecule has 0 spiro atoms. The fourth-order valence-corrected chi connectivity index (χ4v) is 2.74. The van der Waals surface area contributed by atoms with Crippen molar-refractivity contribution in [3.8, 4) is 17.2 Å². The largest absolute Gasteiger partial charge is 0.493 e. The molecule has 0 radical (unpaired) electrons. The van der Waals surface area contributed by atoms with Gasteiger partial charge in [-0.2, -0.15) is 0 Å². The third-order valence-corrected chi connectivity index (χ3v) is 4.29. The molecule has 2 rings (SSSR count). The minimum absolute atomic E-state index is 0.0687. The molecule has 0 aliphatic heterocycles. The Morgan fingerprint density at radius 3 is 2.13 bits per heavy atom. The van der Waals surface area contributed by atoms with Crippen LogP contribution < -0.4 is 24.8 Å². The van der Waals surface area contributed by atoms with E-state index >= 15 is 0 Å². The smallest absolute Gasteiger partial charge is 0.269 e. The standard InChI is InChI=1S/C21H28N4O5/c1-5-10-22-21(23-13-15-6-8-17(9-7-15)25(26)27)24-14-16-11-18(28-2)20(30-4)19(12-16)29-3/h6-9,11-12H,5,10,13-14H2,1-4H3,(H2,22,23,24). The molecule has 0 fully saturated rings. The molecule has 0 heterocycles. The second-order valence-electron chi connectivity index (χ2n) is 6.40. The number of methoxy groups -OCH3 is 3. The highest BCUT2D eigenvalue weighted by Crippen LogP contribution is 2.38. The van der Waals surface area contributed by atoms with Crippen molar-refractivity contribution in [3.63, 3.8) is 0 Å². The molecule has 0 aliphatic carbocycles. The number of rotatable bonds is 10. The summed E-state index contributed by atoms with van der Waals surface area (Å²) in [5.74, 6) is 2.32. The minimum atomic E-state index is -0.412. The fourth-order valence-electron chi connectivity index (χ4n) is 2.74. The summed E-state index contributed by atoms with van der Waals surface area (Å²) in [6.45, 7) is 3.72. The van der Waals surface area contributed by atoms with Crippen LogP contribution in [0.25, 0.3) is 0 Å². The predicted octanol–water partition coefficient (Wildman–Crippen LogP) is 3.27. The SMILES string of the molecule is CCCNC(=NCc1cc(OC)c(OC)c(OC)c1)NCc1ccc([N+](=O)[O-])cc1. The van der Waals surface area contributed by atoms with Gasteiger partial charge in [0.25, 0.3) is 5.69 Å². The van der Waals surface area contributed by atoms with Crippen LogP contribution in [-0.2, 0) is 13.1 Å². The number of benzene rings is 2. The van der Waals surface area contributed by atoms with Crippen molar-refractivity contribution in [2.45, 2.75) is 26.4 Å². The van der Waals surface area contributed by atoms with Crippen LogP contribution in [0.3, 0.4) is 0 Å². The van der Waals surface area contributed by atoms with Gasteiger partial charge < -0.3 is 24.8 Å². The minimum Gasteiger partial charge on any atom is -0.493 e. The molecule has 9 heteroatoms. The lowest BCUT2D eigenvalue weighted by Gasteiger charge is -2.15. The molecule has 9 nitrogen and oxygen atoms in total. The van der Waals surface area contributed by atoms with Crippen molar-refractivity contribution in [1.29, 1.82) is 0 Å². The van der Waals surface area contributed by atoms with E-state index < -0.39 is 4.92 Å². The number of nitro benzene ring substituents is 1. The van der Waals surface area contributed by atoms with Crippen LogP contribution in [0.4, 0.5) is 5.69 Å². The van der Waals surface area contributed by atoms with Gasteiger partial charge in [-0.05, 0) is 29.7 Å². The molecule has 2 aromatic carbocycles. The van der Waals surface area contributed by atoms with Gasteiger partial charge in [0.2, 0.25) is 5.75 Å². The second kappa shape index (κ2) is 11.5. The van der Waals surface area contributed by atoms with Crippen LogP contribution in [0.1, 0.15) is 24.5 Å². The van der Waals surface area contributed by atoms with E-state index in [1.165, 1.54) is 12.1 Å². The van der Waals surface area contributed by atoms with Crippen molar-refractivity contribution in [1.82, 2.24) is 10.6 Å². The molecule has 2 aromatic rings. The molecule has 0 saturated carbocycles. The Labute approximate surface area is 176 Å². The number of non-ortho nitro benzene ring substituents is 1. The summed E-state index contributed by atoms with van der Waals surface area (Å²) in [5.41, 5.74) is 1.89. The summed E-state index contributed by atoms with van der Waals surface area (Å²) < 4.78 is 16.1. The predicted molar refractivity (Wildman–Crippen MR) is 115 cm³/mol. The van der Waals surface area contributed by atoms with Crippen molar-refractivity contribution in [2.75, 3.05) is 27.9 Å². The second-order valence-corrected chi connectivity index (χ2v) is 6.40. The number of nitro groups is 1. The van der Waals surface area contributed by atoms with E-state index in [1.54, 1.807) is 33.5 Å². The van der Waals surface area contributed by atoms with Gasteiger partial charge in [-0.25, -0.2) is 4.99 Å². The normalized spacial score (nSPS) is 11.0. The van der Waals surface area contributed by atoms with E-state index in [2.05, 4.69) is 22.5 Å². The third-order valence-electron chi connectivity index (χ3n) is 4.29. The molecule has 0 atom stereocenters. The first kappa shape index (κ1) is 22.8. The van der Waals surface area contributed by atoms with Gasteiger partial charge >= 0.3 is 0 Å². The number of hydrogen-bond acceptors (Lipinski definition) is 6. The van der Waals surface area contributed by atoms with Gasteiger partial charge in [0.05, 0.1) is 32.8 Å². The van der Waals surface area contributed by atoms with Crippen LogP contribution in [0, 0.1) is 10.1 Å². The number of aliphatic imine (C=N–C) groups is 1. The highest BCUT2D eigenvalue weighted by atomic mass is 16.6. The first-order valence-electron chi connectivity index (χ1n) is 9.56. The Bertz CT molecular complexity index is 843. The summed E-state index contributed by atoms with van der Waals surface area (Å²) in [6, 6.07) is 10.1. The topological polar surface area (TPSA) is 107 Å². The number of guanidine groups is 1.